The Labute approximate surface area is 223 Å². The monoisotopic (exact) mass is 537 g/mol. The SMILES string of the molecule is CO[C@H]1C=CC[C@@H](C(=O)O[C@@H]2C[C@H]3CC[C@]2(CS(=O)(=O)N(C2CCCCC2)C2CCCCC2)C3(C)C)O1. The van der Waals surface area contributed by atoms with Crippen molar-refractivity contribution in [2.45, 2.75) is 134 Å². The van der Waals surface area contributed by atoms with Crippen LogP contribution in [-0.4, -0.2) is 62.1 Å². The number of fused-ring (bicyclic) bond motifs is 2. The van der Waals surface area contributed by atoms with E-state index in [1.165, 1.54) is 12.8 Å². The van der Waals surface area contributed by atoms with Crippen molar-refractivity contribution in [2.75, 3.05) is 12.9 Å². The number of carbonyl (C=O) groups excluding carboxylic acids is 1. The van der Waals surface area contributed by atoms with Gasteiger partial charge >= 0.3 is 5.97 Å². The lowest BCUT2D eigenvalue weighted by atomic mass is 9.69. The number of esters is 1. The van der Waals surface area contributed by atoms with Gasteiger partial charge in [-0.3, -0.25) is 0 Å². The minimum absolute atomic E-state index is 0.0839. The van der Waals surface area contributed by atoms with Gasteiger partial charge in [-0.15, -0.1) is 0 Å². The van der Waals surface area contributed by atoms with Gasteiger partial charge in [-0.1, -0.05) is 58.4 Å². The Morgan fingerprint density at radius 1 is 1.00 bits per heavy atom. The molecule has 4 saturated carbocycles. The van der Waals surface area contributed by atoms with Crippen molar-refractivity contribution in [2.24, 2.45) is 16.7 Å². The van der Waals surface area contributed by atoms with Gasteiger partial charge in [0.05, 0.1) is 5.75 Å². The first-order valence-electron chi connectivity index (χ1n) is 14.7. The molecular weight excluding hydrogens is 490 g/mol. The predicted molar refractivity (Wildman–Crippen MR) is 142 cm³/mol. The van der Waals surface area contributed by atoms with E-state index in [0.717, 1.165) is 70.6 Å². The highest BCUT2D eigenvalue weighted by Crippen LogP contribution is 2.67. The van der Waals surface area contributed by atoms with Crippen molar-refractivity contribution in [1.82, 2.24) is 4.31 Å². The van der Waals surface area contributed by atoms with E-state index >= 15 is 0 Å². The number of nitrogens with zero attached hydrogens (tertiary/aromatic N) is 1. The molecule has 4 fully saturated rings. The molecule has 0 aromatic heterocycles. The molecule has 7 nitrogen and oxygen atoms in total. The average molecular weight is 538 g/mol. The van der Waals surface area contributed by atoms with E-state index in [1.807, 2.05) is 10.4 Å². The maximum absolute atomic E-state index is 14.5. The minimum atomic E-state index is -3.55. The van der Waals surface area contributed by atoms with E-state index in [4.69, 9.17) is 14.2 Å². The Morgan fingerprint density at radius 3 is 2.19 bits per heavy atom. The zero-order valence-electron chi connectivity index (χ0n) is 23.0. The molecule has 0 radical (unpaired) electrons. The fourth-order valence-electron chi connectivity index (χ4n) is 8.41. The third-order valence-corrected chi connectivity index (χ3v) is 12.8. The summed E-state index contributed by atoms with van der Waals surface area (Å²) in [5.41, 5.74) is -0.781. The van der Waals surface area contributed by atoms with Crippen molar-refractivity contribution in [3.05, 3.63) is 12.2 Å². The smallest absolute Gasteiger partial charge is 0.336 e. The maximum Gasteiger partial charge on any atom is 0.336 e. The van der Waals surface area contributed by atoms with Crippen LogP contribution in [0.5, 0.6) is 0 Å². The fraction of sp³-hybridized carbons (Fsp3) is 0.897. The first-order valence-corrected chi connectivity index (χ1v) is 16.4. The van der Waals surface area contributed by atoms with Crippen molar-refractivity contribution >= 4 is 16.0 Å². The molecule has 1 aliphatic heterocycles. The Kier molecular flexibility index (Phi) is 8.13. The van der Waals surface area contributed by atoms with Gasteiger partial charge < -0.3 is 14.2 Å². The lowest BCUT2D eigenvalue weighted by Gasteiger charge is -2.46. The predicted octanol–water partition coefficient (Wildman–Crippen LogP) is 5.34. The summed E-state index contributed by atoms with van der Waals surface area (Å²) >= 11 is 0. The molecule has 0 saturated heterocycles. The van der Waals surface area contributed by atoms with Crippen LogP contribution in [0, 0.1) is 16.7 Å². The van der Waals surface area contributed by atoms with Gasteiger partial charge in [-0.05, 0) is 62.4 Å². The molecule has 5 aliphatic rings. The van der Waals surface area contributed by atoms with Gasteiger partial charge in [-0.25, -0.2) is 13.2 Å². The number of carbonyl (C=O) groups is 1. The second kappa shape index (κ2) is 10.9. The summed E-state index contributed by atoms with van der Waals surface area (Å²) in [6.07, 6.45) is 15.7. The van der Waals surface area contributed by atoms with E-state index in [1.54, 1.807) is 13.2 Å². The molecule has 0 unspecified atom stereocenters. The second-order valence-corrected chi connectivity index (χ2v) is 14.7. The number of hydrogen-bond donors (Lipinski definition) is 0. The molecule has 0 spiro atoms. The Balaban J connectivity index is 1.40. The molecule has 0 N–H and O–H groups in total. The highest BCUT2D eigenvalue weighted by atomic mass is 32.2. The zero-order valence-corrected chi connectivity index (χ0v) is 23.8. The molecule has 5 rings (SSSR count). The van der Waals surface area contributed by atoms with Crippen molar-refractivity contribution in [3.8, 4) is 0 Å². The summed E-state index contributed by atoms with van der Waals surface area (Å²) in [7, 11) is -2.00. The summed E-state index contributed by atoms with van der Waals surface area (Å²) in [5.74, 6) is 0.0470. The number of hydrogen-bond acceptors (Lipinski definition) is 6. The molecule has 2 bridgehead atoms. The molecule has 4 aliphatic carbocycles. The van der Waals surface area contributed by atoms with Crippen LogP contribution in [-0.2, 0) is 29.0 Å². The normalized spacial score (nSPS) is 36.8. The van der Waals surface area contributed by atoms with Gasteiger partial charge in [0.15, 0.2) is 12.4 Å². The van der Waals surface area contributed by atoms with Crippen LogP contribution in [0.3, 0.4) is 0 Å². The van der Waals surface area contributed by atoms with Gasteiger partial charge in [-0.2, -0.15) is 4.31 Å². The van der Waals surface area contributed by atoms with E-state index in [0.29, 0.717) is 12.3 Å². The van der Waals surface area contributed by atoms with Crippen LogP contribution >= 0.6 is 0 Å². The number of ether oxygens (including phenoxy) is 3. The Hall–Kier alpha value is -0.960. The molecule has 0 aromatic carbocycles. The Bertz CT molecular complexity index is 933. The van der Waals surface area contributed by atoms with E-state index < -0.39 is 39.9 Å². The number of methoxy groups -OCH3 is 1. The summed E-state index contributed by atoms with van der Waals surface area (Å²) in [6.45, 7) is 4.42. The zero-order chi connectivity index (χ0) is 26.3. The van der Waals surface area contributed by atoms with E-state index in [-0.39, 0.29) is 23.3 Å². The van der Waals surface area contributed by atoms with Gasteiger partial charge in [0.25, 0.3) is 0 Å². The van der Waals surface area contributed by atoms with Crippen LogP contribution < -0.4 is 0 Å². The van der Waals surface area contributed by atoms with Crippen molar-refractivity contribution in [3.63, 3.8) is 0 Å². The third kappa shape index (κ3) is 5.17. The van der Waals surface area contributed by atoms with Crippen molar-refractivity contribution in [1.29, 1.82) is 0 Å². The van der Waals surface area contributed by atoms with Crippen LogP contribution in [0.1, 0.15) is 104 Å². The van der Waals surface area contributed by atoms with Crippen molar-refractivity contribution < 1.29 is 27.4 Å². The first-order chi connectivity index (χ1) is 17.7. The standard InChI is InChI=1S/C29H47NO6S/c1-28(2)21-17-18-29(28,25(19-21)36-27(31)24-15-10-16-26(34-3)35-24)20-37(32,33)30(22-11-6-4-7-12-22)23-13-8-5-9-14-23/h10,16,21-26H,4-9,11-15,17-20H2,1-3H3/t21-,24+,25-,26-,29-/m1/s1. The lowest BCUT2D eigenvalue weighted by molar-refractivity contribution is -0.188. The van der Waals surface area contributed by atoms with E-state index in [9.17, 15) is 13.2 Å². The molecule has 8 heteroatoms. The highest BCUT2D eigenvalue weighted by Gasteiger charge is 2.67. The first kappa shape index (κ1) is 27.6. The van der Waals surface area contributed by atoms with E-state index in [2.05, 4.69) is 13.8 Å². The fourth-order valence-corrected chi connectivity index (χ4v) is 11.2. The second-order valence-electron chi connectivity index (χ2n) is 12.8. The minimum Gasteiger partial charge on any atom is -0.460 e. The molecule has 5 atom stereocenters. The summed E-state index contributed by atoms with van der Waals surface area (Å²) < 4.78 is 48.2. The third-order valence-electron chi connectivity index (χ3n) is 10.7. The molecule has 0 amide bonds. The quantitative estimate of drug-likeness (QED) is 0.307. The summed E-state index contributed by atoms with van der Waals surface area (Å²) in [6, 6.07) is 0.240. The van der Waals surface area contributed by atoms with Crippen LogP contribution in [0.2, 0.25) is 0 Å². The van der Waals surface area contributed by atoms with Crippen LogP contribution in [0.15, 0.2) is 12.2 Å². The van der Waals surface area contributed by atoms with Crippen LogP contribution in [0.4, 0.5) is 0 Å². The molecule has 210 valence electrons. The topological polar surface area (TPSA) is 82.1 Å². The van der Waals surface area contributed by atoms with Crippen LogP contribution in [0.25, 0.3) is 0 Å². The summed E-state index contributed by atoms with van der Waals surface area (Å²) in [4.78, 5) is 13.2. The average Bonchev–Trinajstić information content (AvgIpc) is 3.24. The van der Waals surface area contributed by atoms with Gasteiger partial charge in [0.1, 0.15) is 6.10 Å². The molecule has 0 aromatic rings. The molecule has 1 heterocycles. The maximum atomic E-state index is 14.5. The Morgan fingerprint density at radius 2 is 1.62 bits per heavy atom. The summed E-state index contributed by atoms with van der Waals surface area (Å²) in [5, 5.41) is 0. The lowest BCUT2D eigenvalue weighted by Crippen LogP contribution is -2.55. The number of rotatable bonds is 8. The highest BCUT2D eigenvalue weighted by molar-refractivity contribution is 7.89. The van der Waals surface area contributed by atoms with Gasteiger partial charge in [0, 0.05) is 31.0 Å². The largest absolute Gasteiger partial charge is 0.460 e. The van der Waals surface area contributed by atoms with Gasteiger partial charge in [0.2, 0.25) is 10.0 Å². The molecular formula is C29H47NO6S. The molecule has 37 heavy (non-hydrogen) atoms. The number of sulfonamides is 1.